The van der Waals surface area contributed by atoms with Crippen LogP contribution in [0.5, 0.6) is 0 Å². The van der Waals surface area contributed by atoms with Crippen LogP contribution in [0.15, 0.2) is 63.9 Å². The number of oxazole rings is 1. The van der Waals surface area contributed by atoms with E-state index in [4.69, 9.17) is 4.42 Å². The van der Waals surface area contributed by atoms with E-state index in [1.165, 1.54) is 17.3 Å². The molecule has 140 valence electrons. The van der Waals surface area contributed by atoms with E-state index in [1.807, 2.05) is 49.4 Å². The van der Waals surface area contributed by atoms with E-state index >= 15 is 0 Å². The number of rotatable bonds is 8. The maximum Gasteiger partial charge on any atom is 0.230 e. The largest absolute Gasteiger partial charge is 0.441 e. The van der Waals surface area contributed by atoms with Crippen LogP contribution in [0, 0.1) is 6.92 Å². The second-order valence-electron chi connectivity index (χ2n) is 6.15. The van der Waals surface area contributed by atoms with E-state index in [1.54, 1.807) is 0 Å². The minimum atomic E-state index is 0.0432. The number of nitrogens with zero attached hydrogens (tertiary/aromatic N) is 1. The van der Waals surface area contributed by atoms with Gasteiger partial charge in [-0.3, -0.25) is 4.79 Å². The lowest BCUT2D eigenvalue weighted by atomic mass is 10.1. The highest BCUT2D eigenvalue weighted by Crippen LogP contribution is 2.25. The van der Waals surface area contributed by atoms with Crippen LogP contribution in [0.3, 0.4) is 0 Å². The van der Waals surface area contributed by atoms with Crippen molar-refractivity contribution >= 4 is 30.3 Å². The highest BCUT2D eigenvalue weighted by Gasteiger charge is 2.12. The molecule has 6 heteroatoms. The fourth-order valence-electron chi connectivity index (χ4n) is 2.57. The van der Waals surface area contributed by atoms with Crippen molar-refractivity contribution in [2.45, 2.75) is 24.0 Å². The van der Waals surface area contributed by atoms with Crippen LogP contribution in [0.1, 0.15) is 17.0 Å². The van der Waals surface area contributed by atoms with Gasteiger partial charge in [-0.1, -0.05) is 30.3 Å². The number of hydrogen-bond acceptors (Lipinski definition) is 5. The summed E-state index contributed by atoms with van der Waals surface area (Å²) in [5.41, 5.74) is 3.02. The van der Waals surface area contributed by atoms with Crippen LogP contribution in [-0.2, 0) is 17.0 Å². The van der Waals surface area contributed by atoms with Crippen LogP contribution < -0.4 is 5.32 Å². The molecule has 0 bridgehead atoms. The van der Waals surface area contributed by atoms with E-state index in [0.717, 1.165) is 28.3 Å². The summed E-state index contributed by atoms with van der Waals surface area (Å²) in [5.74, 6) is 2.49. The monoisotopic (exact) mass is 398 g/mol. The van der Waals surface area contributed by atoms with Crippen molar-refractivity contribution < 1.29 is 9.21 Å². The predicted molar refractivity (Wildman–Crippen MR) is 113 cm³/mol. The van der Waals surface area contributed by atoms with Gasteiger partial charge in [-0.25, -0.2) is 4.98 Å². The molecular weight excluding hydrogens is 376 g/mol. The van der Waals surface area contributed by atoms with Gasteiger partial charge in [0.15, 0.2) is 0 Å². The Morgan fingerprint density at radius 2 is 1.89 bits per heavy atom. The van der Waals surface area contributed by atoms with Gasteiger partial charge in [0, 0.05) is 22.8 Å². The zero-order chi connectivity index (χ0) is 19.1. The minimum absolute atomic E-state index is 0.0432. The van der Waals surface area contributed by atoms with Crippen molar-refractivity contribution in [3.8, 4) is 11.5 Å². The fourth-order valence-corrected chi connectivity index (χ4v) is 3.57. The topological polar surface area (TPSA) is 55.1 Å². The lowest BCUT2D eigenvalue weighted by Gasteiger charge is -2.05. The number of hydrogen-bond donors (Lipinski definition) is 2. The van der Waals surface area contributed by atoms with Crippen molar-refractivity contribution in [1.29, 1.82) is 0 Å². The molecular formula is C21H22N2O2S2. The molecule has 1 N–H and O–H groups in total. The minimum Gasteiger partial charge on any atom is -0.441 e. The number of carbonyl (C=O) groups excluding carboxylic acids is 1. The van der Waals surface area contributed by atoms with E-state index in [0.29, 0.717) is 23.9 Å². The van der Waals surface area contributed by atoms with Crippen LogP contribution >= 0.6 is 24.4 Å². The summed E-state index contributed by atoms with van der Waals surface area (Å²) in [5, 5.41) is 2.96. The number of benzene rings is 2. The number of thioether (sulfide) groups is 1. The van der Waals surface area contributed by atoms with Crippen LogP contribution in [0.4, 0.5) is 0 Å². The molecule has 0 atom stereocenters. The Balaban J connectivity index is 1.43. The zero-order valence-electron chi connectivity index (χ0n) is 15.1. The fraction of sp³-hybridized carbons (Fsp3) is 0.238. The second-order valence-corrected chi connectivity index (χ2v) is 7.65. The average molecular weight is 399 g/mol. The number of carbonyl (C=O) groups is 1. The van der Waals surface area contributed by atoms with E-state index in [2.05, 4.69) is 35.1 Å². The summed E-state index contributed by atoms with van der Waals surface area (Å²) >= 11 is 5.83. The van der Waals surface area contributed by atoms with Gasteiger partial charge in [-0.05, 0) is 43.2 Å². The smallest absolute Gasteiger partial charge is 0.230 e. The third-order valence-corrected chi connectivity index (χ3v) is 5.30. The SMILES string of the molecule is Cc1oc(-c2ccc(S)cc2)nc1CSCC(=O)NCCc1ccccc1. The first kappa shape index (κ1) is 19.6. The Labute approximate surface area is 169 Å². The summed E-state index contributed by atoms with van der Waals surface area (Å²) in [6.07, 6.45) is 0.841. The summed E-state index contributed by atoms with van der Waals surface area (Å²) < 4.78 is 5.76. The molecule has 0 aliphatic heterocycles. The Morgan fingerprint density at radius 3 is 2.63 bits per heavy atom. The van der Waals surface area contributed by atoms with Crippen molar-refractivity contribution in [3.63, 3.8) is 0 Å². The molecule has 0 saturated heterocycles. The van der Waals surface area contributed by atoms with Crippen molar-refractivity contribution in [2.75, 3.05) is 12.3 Å². The second kappa shape index (κ2) is 9.67. The molecule has 3 aromatic rings. The molecule has 0 spiro atoms. The normalized spacial score (nSPS) is 10.7. The van der Waals surface area contributed by atoms with Gasteiger partial charge in [0.2, 0.25) is 11.8 Å². The third-order valence-electron chi connectivity index (χ3n) is 4.06. The summed E-state index contributed by atoms with van der Waals surface area (Å²) in [4.78, 5) is 17.4. The van der Waals surface area contributed by atoms with Crippen LogP contribution in [0.2, 0.25) is 0 Å². The van der Waals surface area contributed by atoms with Crippen LogP contribution in [-0.4, -0.2) is 23.2 Å². The van der Waals surface area contributed by atoms with Gasteiger partial charge in [0.25, 0.3) is 0 Å². The maximum absolute atomic E-state index is 12.0. The number of amides is 1. The van der Waals surface area contributed by atoms with Crippen molar-refractivity contribution in [3.05, 3.63) is 71.6 Å². The molecule has 0 unspecified atom stereocenters. The van der Waals surface area contributed by atoms with E-state index in [9.17, 15) is 4.79 Å². The number of thiol groups is 1. The molecule has 1 aromatic heterocycles. The van der Waals surface area contributed by atoms with Gasteiger partial charge in [0.05, 0.1) is 11.4 Å². The maximum atomic E-state index is 12.0. The van der Waals surface area contributed by atoms with Gasteiger partial charge in [0.1, 0.15) is 5.76 Å². The predicted octanol–water partition coefficient (Wildman–Crippen LogP) is 4.53. The quantitative estimate of drug-likeness (QED) is 0.548. The van der Waals surface area contributed by atoms with Gasteiger partial charge >= 0.3 is 0 Å². The first-order chi connectivity index (χ1) is 13.1. The number of nitrogens with one attached hydrogen (secondary N) is 1. The molecule has 0 fully saturated rings. The Hall–Kier alpha value is -2.18. The molecule has 0 saturated carbocycles. The Morgan fingerprint density at radius 1 is 1.15 bits per heavy atom. The zero-order valence-corrected chi connectivity index (χ0v) is 16.9. The summed E-state index contributed by atoms with van der Waals surface area (Å²) in [6.45, 7) is 2.55. The molecule has 27 heavy (non-hydrogen) atoms. The first-order valence-electron chi connectivity index (χ1n) is 8.76. The molecule has 0 aliphatic carbocycles. The first-order valence-corrected chi connectivity index (χ1v) is 10.4. The van der Waals surface area contributed by atoms with E-state index in [-0.39, 0.29) is 5.91 Å². The highest BCUT2D eigenvalue weighted by molar-refractivity contribution is 7.99. The standard InChI is InChI=1S/C21H22N2O2S2/c1-15-19(23-21(25-15)17-7-9-18(26)10-8-17)13-27-14-20(24)22-12-11-16-5-3-2-4-6-16/h2-10,26H,11-14H2,1H3,(H,22,24). The highest BCUT2D eigenvalue weighted by atomic mass is 32.2. The van der Waals surface area contributed by atoms with E-state index < -0.39 is 0 Å². The number of aromatic nitrogens is 1. The van der Waals surface area contributed by atoms with Gasteiger partial charge < -0.3 is 9.73 Å². The van der Waals surface area contributed by atoms with Gasteiger partial charge in [-0.2, -0.15) is 0 Å². The molecule has 3 rings (SSSR count). The Bertz CT molecular complexity index is 877. The summed E-state index contributed by atoms with van der Waals surface area (Å²) in [7, 11) is 0. The molecule has 1 amide bonds. The molecule has 0 aliphatic rings. The van der Waals surface area contributed by atoms with Gasteiger partial charge in [-0.15, -0.1) is 24.4 Å². The molecule has 1 heterocycles. The summed E-state index contributed by atoms with van der Waals surface area (Å²) in [6, 6.07) is 17.8. The van der Waals surface area contributed by atoms with Crippen molar-refractivity contribution in [2.24, 2.45) is 0 Å². The molecule has 2 aromatic carbocycles. The average Bonchev–Trinajstić information content (AvgIpc) is 3.04. The molecule has 4 nitrogen and oxygen atoms in total. The van der Waals surface area contributed by atoms with Crippen LogP contribution in [0.25, 0.3) is 11.5 Å². The Kier molecular flexibility index (Phi) is 7.01. The lowest BCUT2D eigenvalue weighted by Crippen LogP contribution is -2.27. The third kappa shape index (κ3) is 5.91. The molecule has 0 radical (unpaired) electrons. The number of aryl methyl sites for hydroxylation is 1. The van der Waals surface area contributed by atoms with Crippen molar-refractivity contribution in [1.82, 2.24) is 10.3 Å². The lowest BCUT2D eigenvalue weighted by molar-refractivity contribution is -0.118.